The number of amides is 2. The van der Waals surface area contributed by atoms with Crippen LogP contribution in [0.5, 0.6) is 0 Å². The zero-order valence-electron chi connectivity index (χ0n) is 17.5. The summed E-state index contributed by atoms with van der Waals surface area (Å²) in [4.78, 5) is 31.7. The molecule has 1 saturated carbocycles. The largest absolute Gasteiger partial charge is 0.368 e. The Bertz CT molecular complexity index is 904. The van der Waals surface area contributed by atoms with Crippen LogP contribution in [0.3, 0.4) is 0 Å². The third-order valence-electron chi connectivity index (χ3n) is 6.41. The summed E-state index contributed by atoms with van der Waals surface area (Å²) in [5.74, 6) is -0.139. The summed E-state index contributed by atoms with van der Waals surface area (Å²) >= 11 is 0. The first kappa shape index (κ1) is 19.5. The third kappa shape index (κ3) is 3.86. The highest BCUT2D eigenvalue weighted by Gasteiger charge is 2.50. The van der Waals surface area contributed by atoms with Crippen molar-refractivity contribution < 1.29 is 9.59 Å². The molecule has 1 saturated heterocycles. The lowest BCUT2D eigenvalue weighted by Gasteiger charge is -2.37. The predicted octanol–water partition coefficient (Wildman–Crippen LogP) is 3.25. The summed E-state index contributed by atoms with van der Waals surface area (Å²) in [6.07, 6.45) is 0.673. The van der Waals surface area contributed by atoms with E-state index in [-0.39, 0.29) is 23.7 Å². The van der Waals surface area contributed by atoms with Crippen LogP contribution < -0.4 is 9.80 Å². The summed E-state index contributed by atoms with van der Waals surface area (Å²) in [5.41, 5.74) is 4.74. The molecule has 0 spiro atoms. The second kappa shape index (κ2) is 7.90. The number of aryl methyl sites for hydroxylation is 1. The number of nitrogens with zero attached hydrogens (tertiary/aromatic N) is 3. The van der Waals surface area contributed by atoms with Gasteiger partial charge in [0.15, 0.2) is 0 Å². The van der Waals surface area contributed by atoms with Crippen molar-refractivity contribution in [3.8, 4) is 0 Å². The number of para-hydroxylation sites is 1. The van der Waals surface area contributed by atoms with Gasteiger partial charge in [-0.15, -0.1) is 0 Å². The molecule has 2 atom stereocenters. The number of piperazine rings is 1. The first-order chi connectivity index (χ1) is 14.0. The lowest BCUT2D eigenvalue weighted by molar-refractivity contribution is -0.134. The van der Waals surface area contributed by atoms with Crippen molar-refractivity contribution in [2.24, 2.45) is 11.8 Å². The van der Waals surface area contributed by atoms with Gasteiger partial charge in [0.1, 0.15) is 0 Å². The molecule has 1 heterocycles. The van der Waals surface area contributed by atoms with E-state index in [1.54, 1.807) is 11.9 Å². The maximum Gasteiger partial charge on any atom is 0.230 e. The minimum atomic E-state index is -0.176. The fourth-order valence-electron chi connectivity index (χ4n) is 4.25. The number of rotatable bonds is 4. The fourth-order valence-corrected chi connectivity index (χ4v) is 4.25. The van der Waals surface area contributed by atoms with Gasteiger partial charge in [-0.05, 0) is 49.6 Å². The Labute approximate surface area is 172 Å². The van der Waals surface area contributed by atoms with Crippen LogP contribution in [-0.2, 0) is 9.59 Å². The van der Waals surface area contributed by atoms with Crippen LogP contribution in [0.15, 0.2) is 48.5 Å². The topological polar surface area (TPSA) is 43.9 Å². The number of carbonyl (C=O) groups is 2. The standard InChI is InChI=1S/C24H29N3O2/c1-17-8-7-11-22(18(17)2)26-12-14-27(15-13-26)24(29)21-16-20(21)23(28)25(3)19-9-5-4-6-10-19/h4-11,20-21H,12-16H2,1-3H3. The molecule has 0 aromatic heterocycles. The van der Waals surface area contributed by atoms with Crippen molar-refractivity contribution in [2.75, 3.05) is 43.0 Å². The molecule has 29 heavy (non-hydrogen) atoms. The average Bonchev–Trinajstić information content (AvgIpc) is 3.56. The Balaban J connectivity index is 1.33. The molecular weight excluding hydrogens is 362 g/mol. The van der Waals surface area contributed by atoms with Gasteiger partial charge in [0, 0.05) is 44.6 Å². The Morgan fingerprint density at radius 1 is 0.897 bits per heavy atom. The van der Waals surface area contributed by atoms with Crippen LogP contribution >= 0.6 is 0 Å². The summed E-state index contributed by atoms with van der Waals surface area (Å²) in [6.45, 7) is 7.41. The minimum Gasteiger partial charge on any atom is -0.368 e. The zero-order valence-corrected chi connectivity index (χ0v) is 17.5. The van der Waals surface area contributed by atoms with E-state index in [4.69, 9.17) is 0 Å². The van der Waals surface area contributed by atoms with Gasteiger partial charge in [-0.25, -0.2) is 0 Å². The van der Waals surface area contributed by atoms with Gasteiger partial charge in [-0.1, -0.05) is 30.3 Å². The van der Waals surface area contributed by atoms with E-state index >= 15 is 0 Å². The molecule has 2 unspecified atom stereocenters. The average molecular weight is 392 g/mol. The van der Waals surface area contributed by atoms with Gasteiger partial charge < -0.3 is 14.7 Å². The van der Waals surface area contributed by atoms with Gasteiger partial charge in [0.25, 0.3) is 0 Å². The molecule has 2 aromatic carbocycles. The summed E-state index contributed by atoms with van der Waals surface area (Å²) in [5, 5.41) is 0. The first-order valence-corrected chi connectivity index (χ1v) is 10.4. The molecule has 5 heteroatoms. The highest BCUT2D eigenvalue weighted by Crippen LogP contribution is 2.42. The second-order valence-corrected chi connectivity index (χ2v) is 8.21. The summed E-state index contributed by atoms with van der Waals surface area (Å²) in [7, 11) is 1.79. The quantitative estimate of drug-likeness (QED) is 0.804. The molecule has 152 valence electrons. The van der Waals surface area contributed by atoms with Gasteiger partial charge >= 0.3 is 0 Å². The van der Waals surface area contributed by atoms with Gasteiger partial charge in [-0.3, -0.25) is 9.59 Å². The van der Waals surface area contributed by atoms with E-state index in [0.717, 1.165) is 31.9 Å². The van der Waals surface area contributed by atoms with E-state index in [1.807, 2.05) is 35.2 Å². The first-order valence-electron chi connectivity index (χ1n) is 10.4. The zero-order chi connectivity index (χ0) is 20.5. The highest BCUT2D eigenvalue weighted by atomic mass is 16.2. The molecule has 4 rings (SSSR count). The normalized spacial score (nSPS) is 21.1. The van der Waals surface area contributed by atoms with Crippen LogP contribution in [0.2, 0.25) is 0 Å². The number of benzene rings is 2. The summed E-state index contributed by atoms with van der Waals surface area (Å²) in [6, 6.07) is 16.0. The van der Waals surface area contributed by atoms with Crippen molar-refractivity contribution in [3.63, 3.8) is 0 Å². The molecule has 2 amide bonds. The Hall–Kier alpha value is -2.82. The number of hydrogen-bond acceptors (Lipinski definition) is 3. The number of hydrogen-bond donors (Lipinski definition) is 0. The van der Waals surface area contributed by atoms with Crippen LogP contribution in [0.1, 0.15) is 17.5 Å². The molecule has 2 aliphatic rings. The van der Waals surface area contributed by atoms with Gasteiger partial charge in [0.2, 0.25) is 11.8 Å². The van der Waals surface area contributed by atoms with E-state index < -0.39 is 0 Å². The molecule has 2 aromatic rings. The third-order valence-corrected chi connectivity index (χ3v) is 6.41. The van der Waals surface area contributed by atoms with Crippen molar-refractivity contribution in [1.82, 2.24) is 4.90 Å². The number of carbonyl (C=O) groups excluding carboxylic acids is 2. The molecule has 1 aliphatic heterocycles. The SMILES string of the molecule is Cc1cccc(N2CCN(C(=O)C3CC3C(=O)N(C)c3ccccc3)CC2)c1C. The van der Waals surface area contributed by atoms with E-state index in [1.165, 1.54) is 16.8 Å². The molecular formula is C24H29N3O2. The van der Waals surface area contributed by atoms with E-state index in [0.29, 0.717) is 6.42 Å². The molecule has 0 N–H and O–H groups in total. The van der Waals surface area contributed by atoms with Gasteiger partial charge in [-0.2, -0.15) is 0 Å². The second-order valence-electron chi connectivity index (χ2n) is 8.21. The van der Waals surface area contributed by atoms with Crippen molar-refractivity contribution in [1.29, 1.82) is 0 Å². The molecule has 0 bridgehead atoms. The van der Waals surface area contributed by atoms with Gasteiger partial charge in [0.05, 0.1) is 11.8 Å². The smallest absolute Gasteiger partial charge is 0.230 e. The lowest BCUT2D eigenvalue weighted by atomic mass is 10.1. The van der Waals surface area contributed by atoms with Crippen LogP contribution in [0.25, 0.3) is 0 Å². The fraction of sp³-hybridized carbons (Fsp3) is 0.417. The number of anilines is 2. The minimum absolute atomic E-state index is 0.0450. The maximum atomic E-state index is 12.9. The van der Waals surface area contributed by atoms with Crippen LogP contribution in [0, 0.1) is 25.7 Å². The molecule has 1 aliphatic carbocycles. The summed E-state index contributed by atoms with van der Waals surface area (Å²) < 4.78 is 0. The van der Waals surface area contributed by atoms with Crippen molar-refractivity contribution in [2.45, 2.75) is 20.3 Å². The maximum absolute atomic E-state index is 12.9. The van der Waals surface area contributed by atoms with Crippen molar-refractivity contribution in [3.05, 3.63) is 59.7 Å². The van der Waals surface area contributed by atoms with Crippen LogP contribution in [-0.4, -0.2) is 49.9 Å². The van der Waals surface area contributed by atoms with Crippen molar-refractivity contribution >= 4 is 23.2 Å². The highest BCUT2D eigenvalue weighted by molar-refractivity contribution is 6.00. The van der Waals surface area contributed by atoms with E-state index in [2.05, 4.69) is 36.9 Å². The molecule has 2 fully saturated rings. The molecule has 0 radical (unpaired) electrons. The lowest BCUT2D eigenvalue weighted by Crippen LogP contribution is -2.49. The Morgan fingerprint density at radius 2 is 1.59 bits per heavy atom. The van der Waals surface area contributed by atoms with Crippen LogP contribution in [0.4, 0.5) is 11.4 Å². The van der Waals surface area contributed by atoms with E-state index in [9.17, 15) is 9.59 Å². The predicted molar refractivity (Wildman–Crippen MR) is 116 cm³/mol. The Kier molecular flexibility index (Phi) is 5.31. The Morgan fingerprint density at radius 3 is 2.28 bits per heavy atom. The monoisotopic (exact) mass is 391 g/mol. The molecule has 5 nitrogen and oxygen atoms in total.